The van der Waals surface area contributed by atoms with Crippen LogP contribution in [0.4, 0.5) is 0 Å². The number of rotatable bonds is 4. The summed E-state index contributed by atoms with van der Waals surface area (Å²) >= 11 is 6.15. The van der Waals surface area contributed by atoms with Gasteiger partial charge in [-0.3, -0.25) is 4.98 Å². The first kappa shape index (κ1) is 13.3. The van der Waals surface area contributed by atoms with E-state index in [4.69, 9.17) is 11.6 Å². The molecular weight excluding hydrogens is 244 g/mol. The molecule has 18 heavy (non-hydrogen) atoms. The lowest BCUT2D eigenvalue weighted by atomic mass is 10.0. The van der Waals surface area contributed by atoms with Crippen LogP contribution in [0.1, 0.15) is 26.5 Å². The normalized spacial score (nSPS) is 13.8. The fraction of sp³-hybridized carbons (Fsp3) is 0.400. The summed E-state index contributed by atoms with van der Waals surface area (Å²) in [4.78, 5) is 4.63. The van der Waals surface area contributed by atoms with Gasteiger partial charge >= 0.3 is 0 Å². The molecule has 1 N–H and O–H groups in total. The second-order valence-electron chi connectivity index (χ2n) is 5.19. The molecule has 0 amide bonds. The summed E-state index contributed by atoms with van der Waals surface area (Å²) < 4.78 is 0. The van der Waals surface area contributed by atoms with Gasteiger partial charge in [-0.25, -0.2) is 0 Å². The van der Waals surface area contributed by atoms with Crippen molar-refractivity contribution in [2.45, 2.75) is 38.2 Å². The minimum atomic E-state index is -0.102. The first-order valence-electron chi connectivity index (χ1n) is 6.23. The Morgan fingerprint density at radius 2 is 1.94 bits per heavy atom. The molecule has 96 valence electrons. The highest BCUT2D eigenvalue weighted by Gasteiger charge is 2.23. The molecule has 3 heteroatoms. The minimum absolute atomic E-state index is 0.0676. The average molecular weight is 263 g/mol. The molecule has 2 nitrogen and oxygen atoms in total. The van der Waals surface area contributed by atoms with Crippen molar-refractivity contribution in [2.75, 3.05) is 0 Å². The Balaban J connectivity index is 2.13. The van der Waals surface area contributed by atoms with Crippen LogP contribution in [0.5, 0.6) is 0 Å². The van der Waals surface area contributed by atoms with Gasteiger partial charge in [0.15, 0.2) is 0 Å². The van der Waals surface area contributed by atoms with E-state index in [0.29, 0.717) is 0 Å². The SMILES string of the molecule is CC(Cl)C(C)(C)NCc1ccc2ccccc2n1. The summed E-state index contributed by atoms with van der Waals surface area (Å²) in [7, 11) is 0. The van der Waals surface area contributed by atoms with Crippen LogP contribution in [-0.2, 0) is 6.54 Å². The molecule has 1 atom stereocenters. The Morgan fingerprint density at radius 3 is 2.67 bits per heavy atom. The maximum absolute atomic E-state index is 6.15. The maximum atomic E-state index is 6.15. The molecule has 0 bridgehead atoms. The smallest absolute Gasteiger partial charge is 0.0705 e. The zero-order valence-corrected chi connectivity index (χ0v) is 11.8. The second kappa shape index (κ2) is 5.25. The van der Waals surface area contributed by atoms with Crippen molar-refractivity contribution in [1.82, 2.24) is 10.3 Å². The number of pyridine rings is 1. The molecule has 1 aromatic carbocycles. The van der Waals surface area contributed by atoms with Crippen LogP contribution in [0.25, 0.3) is 10.9 Å². The van der Waals surface area contributed by atoms with Crippen LogP contribution in [0, 0.1) is 0 Å². The fourth-order valence-electron chi connectivity index (χ4n) is 1.67. The number of hydrogen-bond donors (Lipinski definition) is 1. The van der Waals surface area contributed by atoms with E-state index < -0.39 is 0 Å². The van der Waals surface area contributed by atoms with Crippen LogP contribution in [0.2, 0.25) is 0 Å². The predicted molar refractivity (Wildman–Crippen MR) is 78.0 cm³/mol. The maximum Gasteiger partial charge on any atom is 0.0705 e. The van der Waals surface area contributed by atoms with Crippen molar-refractivity contribution in [2.24, 2.45) is 0 Å². The van der Waals surface area contributed by atoms with Crippen LogP contribution < -0.4 is 5.32 Å². The highest BCUT2D eigenvalue weighted by Crippen LogP contribution is 2.16. The monoisotopic (exact) mass is 262 g/mol. The van der Waals surface area contributed by atoms with Crippen molar-refractivity contribution in [3.63, 3.8) is 0 Å². The molecule has 2 aromatic rings. The average Bonchev–Trinajstić information content (AvgIpc) is 2.36. The van der Waals surface area contributed by atoms with E-state index in [0.717, 1.165) is 17.8 Å². The largest absolute Gasteiger partial charge is 0.305 e. The highest BCUT2D eigenvalue weighted by molar-refractivity contribution is 6.21. The van der Waals surface area contributed by atoms with Gasteiger partial charge in [-0.2, -0.15) is 0 Å². The van der Waals surface area contributed by atoms with E-state index in [-0.39, 0.29) is 10.9 Å². The van der Waals surface area contributed by atoms with Gasteiger partial charge in [0.1, 0.15) is 0 Å². The van der Waals surface area contributed by atoms with Gasteiger partial charge in [-0.05, 0) is 32.9 Å². The molecule has 0 aliphatic heterocycles. The number of fused-ring (bicyclic) bond motifs is 1. The first-order valence-corrected chi connectivity index (χ1v) is 6.66. The van der Waals surface area contributed by atoms with E-state index in [9.17, 15) is 0 Å². The molecule has 0 radical (unpaired) electrons. The number of nitrogens with one attached hydrogen (secondary N) is 1. The van der Waals surface area contributed by atoms with Gasteiger partial charge in [0.25, 0.3) is 0 Å². The summed E-state index contributed by atoms with van der Waals surface area (Å²) in [5.74, 6) is 0. The Labute approximate surface area is 113 Å². The third-order valence-corrected chi connectivity index (χ3v) is 3.92. The standard InChI is InChI=1S/C15H19ClN2/c1-11(16)15(2,3)17-10-13-9-8-12-6-4-5-7-14(12)18-13/h4-9,11,17H,10H2,1-3H3. The summed E-state index contributed by atoms with van der Waals surface area (Å²) in [5, 5.41) is 4.68. The summed E-state index contributed by atoms with van der Waals surface area (Å²) in [6.07, 6.45) is 0. The van der Waals surface area contributed by atoms with Crippen LogP contribution in [-0.4, -0.2) is 15.9 Å². The lowest BCUT2D eigenvalue weighted by Gasteiger charge is -2.29. The molecule has 0 saturated carbocycles. The van der Waals surface area contributed by atoms with Crippen molar-refractivity contribution in [3.8, 4) is 0 Å². The number of benzene rings is 1. The molecule has 1 heterocycles. The number of para-hydroxylation sites is 1. The molecular formula is C15H19ClN2. The van der Waals surface area contributed by atoms with Gasteiger partial charge < -0.3 is 5.32 Å². The minimum Gasteiger partial charge on any atom is -0.305 e. The van der Waals surface area contributed by atoms with E-state index in [2.05, 4.69) is 42.3 Å². The molecule has 2 rings (SSSR count). The Bertz CT molecular complexity index is 535. The Hall–Kier alpha value is -1.12. The Kier molecular flexibility index (Phi) is 3.88. The zero-order chi connectivity index (χ0) is 13.2. The van der Waals surface area contributed by atoms with Crippen LogP contribution >= 0.6 is 11.6 Å². The third-order valence-electron chi connectivity index (χ3n) is 3.38. The van der Waals surface area contributed by atoms with Crippen molar-refractivity contribution in [1.29, 1.82) is 0 Å². The van der Waals surface area contributed by atoms with Gasteiger partial charge in [0.05, 0.1) is 11.2 Å². The number of nitrogens with zero attached hydrogens (tertiary/aromatic N) is 1. The molecule has 0 saturated heterocycles. The molecule has 0 fully saturated rings. The van der Waals surface area contributed by atoms with Gasteiger partial charge in [0.2, 0.25) is 0 Å². The predicted octanol–water partition coefficient (Wildman–Crippen LogP) is 3.73. The molecule has 0 aliphatic carbocycles. The van der Waals surface area contributed by atoms with Gasteiger partial charge in [-0.15, -0.1) is 11.6 Å². The zero-order valence-electron chi connectivity index (χ0n) is 11.1. The quantitative estimate of drug-likeness (QED) is 0.850. The molecule has 0 aliphatic rings. The van der Waals surface area contributed by atoms with Gasteiger partial charge in [-0.1, -0.05) is 24.3 Å². The lowest BCUT2D eigenvalue weighted by Crippen LogP contribution is -2.45. The third kappa shape index (κ3) is 3.01. The number of halogens is 1. The topological polar surface area (TPSA) is 24.9 Å². The summed E-state index contributed by atoms with van der Waals surface area (Å²) in [6.45, 7) is 6.94. The van der Waals surface area contributed by atoms with Crippen LogP contribution in [0.15, 0.2) is 36.4 Å². The van der Waals surface area contributed by atoms with Crippen molar-refractivity contribution in [3.05, 3.63) is 42.1 Å². The molecule has 1 aromatic heterocycles. The summed E-state index contributed by atoms with van der Waals surface area (Å²) in [5.41, 5.74) is 1.97. The van der Waals surface area contributed by atoms with E-state index in [1.165, 1.54) is 5.39 Å². The number of hydrogen-bond acceptors (Lipinski definition) is 2. The highest BCUT2D eigenvalue weighted by atomic mass is 35.5. The van der Waals surface area contributed by atoms with Crippen LogP contribution in [0.3, 0.4) is 0 Å². The van der Waals surface area contributed by atoms with E-state index in [1.54, 1.807) is 0 Å². The second-order valence-corrected chi connectivity index (χ2v) is 5.84. The number of alkyl halides is 1. The summed E-state index contributed by atoms with van der Waals surface area (Å²) in [6, 6.07) is 12.3. The van der Waals surface area contributed by atoms with E-state index >= 15 is 0 Å². The van der Waals surface area contributed by atoms with E-state index in [1.807, 2.05) is 25.1 Å². The molecule has 0 spiro atoms. The van der Waals surface area contributed by atoms with Gasteiger partial charge in [0, 0.05) is 22.8 Å². The lowest BCUT2D eigenvalue weighted by molar-refractivity contribution is 0.378. The van der Waals surface area contributed by atoms with Crippen molar-refractivity contribution < 1.29 is 0 Å². The molecule has 1 unspecified atom stereocenters. The fourth-order valence-corrected chi connectivity index (χ4v) is 1.74. The van der Waals surface area contributed by atoms with Crippen molar-refractivity contribution >= 4 is 22.5 Å². The number of aromatic nitrogens is 1. The Morgan fingerprint density at radius 1 is 1.22 bits per heavy atom. The first-order chi connectivity index (χ1) is 8.49.